The fourth-order valence-corrected chi connectivity index (χ4v) is 4.21. The van der Waals surface area contributed by atoms with Crippen LogP contribution in [0.25, 0.3) is 0 Å². The van der Waals surface area contributed by atoms with E-state index in [-0.39, 0.29) is 29.5 Å². The molecular formula is C19H16ClF3N4OS. The van der Waals surface area contributed by atoms with E-state index >= 15 is 0 Å². The Hall–Kier alpha value is -2.52. The van der Waals surface area contributed by atoms with Gasteiger partial charge in [-0.05, 0) is 17.0 Å². The number of carbonyl (C=O) groups excluding carboxylic acids is 1. The molecule has 0 spiro atoms. The van der Waals surface area contributed by atoms with E-state index in [2.05, 4.69) is 15.7 Å². The molecule has 0 radical (unpaired) electrons. The van der Waals surface area contributed by atoms with Gasteiger partial charge in [-0.25, -0.2) is 4.68 Å². The number of thiophene rings is 1. The van der Waals surface area contributed by atoms with Crippen molar-refractivity contribution in [2.75, 3.05) is 5.32 Å². The molecule has 152 valence electrons. The topological polar surface area (TPSA) is 59.0 Å². The smallest absolute Gasteiger partial charge is 0.362 e. The van der Waals surface area contributed by atoms with E-state index in [1.807, 2.05) is 17.5 Å². The highest BCUT2D eigenvalue weighted by atomic mass is 35.5. The number of rotatable bonds is 4. The zero-order valence-electron chi connectivity index (χ0n) is 14.9. The largest absolute Gasteiger partial charge is 0.410 e. The minimum absolute atomic E-state index is 0.00429. The van der Waals surface area contributed by atoms with Crippen molar-refractivity contribution in [1.82, 2.24) is 15.1 Å². The number of nitrogens with zero attached hydrogens (tertiary/aromatic N) is 2. The molecule has 29 heavy (non-hydrogen) atoms. The van der Waals surface area contributed by atoms with Gasteiger partial charge in [-0.3, -0.25) is 4.79 Å². The van der Waals surface area contributed by atoms with Gasteiger partial charge >= 0.3 is 6.18 Å². The first-order chi connectivity index (χ1) is 13.8. The number of nitrogens with one attached hydrogen (secondary N) is 2. The molecule has 0 saturated carbocycles. The summed E-state index contributed by atoms with van der Waals surface area (Å²) in [5.41, 5.74) is 0.475. The van der Waals surface area contributed by atoms with Crippen LogP contribution in [0.15, 0.2) is 47.8 Å². The van der Waals surface area contributed by atoms with Crippen LogP contribution >= 0.6 is 22.9 Å². The van der Waals surface area contributed by atoms with E-state index in [0.717, 1.165) is 9.56 Å². The van der Waals surface area contributed by atoms with Gasteiger partial charge in [-0.1, -0.05) is 48.0 Å². The van der Waals surface area contributed by atoms with Crippen LogP contribution in [0.4, 0.5) is 19.0 Å². The standard InChI is InChI=1S/C19H16ClF3N4OS/c20-15-16(18(28)24-10-12-7-4-8-29-12)26-27-14(19(21,22)23)9-13(25-17(15)27)11-5-2-1-3-6-11/h1-8,13-14,25H,9-10H2,(H,24,28)/t13-,14+/m1/s1. The first kappa shape index (κ1) is 19.8. The molecule has 3 heterocycles. The molecule has 1 aliphatic heterocycles. The number of anilines is 1. The maximum atomic E-state index is 13.8. The monoisotopic (exact) mass is 440 g/mol. The van der Waals surface area contributed by atoms with Gasteiger partial charge in [-0.2, -0.15) is 18.3 Å². The number of halogens is 4. The number of amides is 1. The number of carbonyl (C=O) groups is 1. The second kappa shape index (κ2) is 7.72. The summed E-state index contributed by atoms with van der Waals surface area (Å²) in [5.74, 6) is -0.625. The van der Waals surface area contributed by atoms with Crippen LogP contribution in [0.1, 0.15) is 39.4 Å². The minimum Gasteiger partial charge on any atom is -0.362 e. The van der Waals surface area contributed by atoms with Crippen molar-refractivity contribution in [2.45, 2.75) is 31.2 Å². The van der Waals surface area contributed by atoms with Crippen molar-refractivity contribution in [2.24, 2.45) is 0 Å². The Morgan fingerprint density at radius 3 is 2.69 bits per heavy atom. The van der Waals surface area contributed by atoms with Crippen LogP contribution in [-0.2, 0) is 6.54 Å². The predicted octanol–water partition coefficient (Wildman–Crippen LogP) is 5.19. The zero-order chi connectivity index (χ0) is 20.6. The molecule has 0 aliphatic carbocycles. The van der Waals surface area contributed by atoms with Gasteiger partial charge in [0.1, 0.15) is 10.8 Å². The maximum absolute atomic E-state index is 13.8. The molecule has 2 atom stereocenters. The van der Waals surface area contributed by atoms with E-state index in [1.54, 1.807) is 30.3 Å². The first-order valence-corrected chi connectivity index (χ1v) is 10.1. The van der Waals surface area contributed by atoms with Gasteiger partial charge in [-0.15, -0.1) is 11.3 Å². The summed E-state index contributed by atoms with van der Waals surface area (Å²) in [5, 5.41) is 11.3. The van der Waals surface area contributed by atoms with Crippen LogP contribution in [0.2, 0.25) is 5.02 Å². The number of hydrogen-bond donors (Lipinski definition) is 2. The molecule has 0 bridgehead atoms. The summed E-state index contributed by atoms with van der Waals surface area (Å²) < 4.78 is 42.0. The fourth-order valence-electron chi connectivity index (χ4n) is 3.30. The second-order valence-electron chi connectivity index (χ2n) is 6.62. The average molecular weight is 441 g/mol. The number of aromatic nitrogens is 2. The van der Waals surface area contributed by atoms with Crippen molar-refractivity contribution < 1.29 is 18.0 Å². The zero-order valence-corrected chi connectivity index (χ0v) is 16.5. The Bertz CT molecular complexity index is 1000. The van der Waals surface area contributed by atoms with E-state index in [9.17, 15) is 18.0 Å². The normalized spacial score (nSPS) is 18.8. The van der Waals surface area contributed by atoms with Crippen LogP contribution in [0.5, 0.6) is 0 Å². The summed E-state index contributed by atoms with van der Waals surface area (Å²) in [6, 6.07) is 10.0. The summed E-state index contributed by atoms with van der Waals surface area (Å²) in [4.78, 5) is 13.4. The van der Waals surface area contributed by atoms with E-state index in [0.29, 0.717) is 5.56 Å². The molecule has 1 aromatic carbocycles. The van der Waals surface area contributed by atoms with Gasteiger partial charge < -0.3 is 10.6 Å². The number of benzene rings is 1. The maximum Gasteiger partial charge on any atom is 0.410 e. The van der Waals surface area contributed by atoms with Crippen molar-refractivity contribution in [1.29, 1.82) is 0 Å². The van der Waals surface area contributed by atoms with Crippen molar-refractivity contribution in [3.63, 3.8) is 0 Å². The van der Waals surface area contributed by atoms with E-state index in [1.165, 1.54) is 11.3 Å². The molecule has 1 amide bonds. The molecule has 2 aromatic heterocycles. The molecule has 10 heteroatoms. The SMILES string of the molecule is O=C(NCc1cccs1)c1nn2c(c1Cl)N[C@@H](c1ccccc1)C[C@H]2C(F)(F)F. The van der Waals surface area contributed by atoms with Crippen LogP contribution in [0.3, 0.4) is 0 Å². The predicted molar refractivity (Wildman–Crippen MR) is 105 cm³/mol. The third kappa shape index (κ3) is 3.97. The van der Waals surface area contributed by atoms with Gasteiger partial charge in [0.2, 0.25) is 0 Å². The van der Waals surface area contributed by atoms with Crippen molar-refractivity contribution in [3.8, 4) is 0 Å². The molecule has 3 aromatic rings. The summed E-state index contributed by atoms with van der Waals surface area (Å²) >= 11 is 7.75. The lowest BCUT2D eigenvalue weighted by Crippen LogP contribution is -2.35. The first-order valence-electron chi connectivity index (χ1n) is 8.81. The number of hydrogen-bond acceptors (Lipinski definition) is 4. The van der Waals surface area contributed by atoms with Crippen LogP contribution < -0.4 is 10.6 Å². The van der Waals surface area contributed by atoms with Crippen molar-refractivity contribution in [3.05, 3.63) is 69.0 Å². The Kier molecular flexibility index (Phi) is 5.26. The summed E-state index contributed by atoms with van der Waals surface area (Å²) in [6.07, 6.45) is -4.79. The quantitative estimate of drug-likeness (QED) is 0.587. The van der Waals surface area contributed by atoms with Crippen LogP contribution in [0, 0.1) is 0 Å². The molecule has 1 aliphatic rings. The van der Waals surface area contributed by atoms with Gasteiger partial charge in [0.05, 0.1) is 12.6 Å². The Morgan fingerprint density at radius 2 is 2.03 bits per heavy atom. The molecule has 0 unspecified atom stereocenters. The highest BCUT2D eigenvalue weighted by Crippen LogP contribution is 2.46. The van der Waals surface area contributed by atoms with E-state index in [4.69, 9.17) is 11.6 Å². The number of alkyl halides is 3. The molecular weight excluding hydrogens is 425 g/mol. The Balaban J connectivity index is 1.65. The van der Waals surface area contributed by atoms with Gasteiger partial charge in [0.15, 0.2) is 11.7 Å². The van der Waals surface area contributed by atoms with Gasteiger partial charge in [0.25, 0.3) is 5.91 Å². The second-order valence-corrected chi connectivity index (χ2v) is 8.03. The van der Waals surface area contributed by atoms with E-state index < -0.39 is 24.2 Å². The lowest BCUT2D eigenvalue weighted by molar-refractivity contribution is -0.173. The fraction of sp³-hybridized carbons (Fsp3) is 0.263. The molecule has 0 fully saturated rings. The minimum atomic E-state index is -4.54. The highest BCUT2D eigenvalue weighted by Gasteiger charge is 2.47. The Morgan fingerprint density at radius 1 is 1.28 bits per heavy atom. The number of fused-ring (bicyclic) bond motifs is 1. The molecule has 4 rings (SSSR count). The van der Waals surface area contributed by atoms with Gasteiger partial charge in [0, 0.05) is 11.3 Å². The Labute approximate surface area is 173 Å². The molecule has 2 N–H and O–H groups in total. The third-order valence-electron chi connectivity index (χ3n) is 4.72. The molecule has 5 nitrogen and oxygen atoms in total. The lowest BCUT2D eigenvalue weighted by atomic mass is 9.97. The summed E-state index contributed by atoms with van der Waals surface area (Å²) in [7, 11) is 0. The van der Waals surface area contributed by atoms with Crippen molar-refractivity contribution >= 4 is 34.7 Å². The van der Waals surface area contributed by atoms with Crippen LogP contribution in [-0.4, -0.2) is 21.9 Å². The molecule has 0 saturated heterocycles. The third-order valence-corrected chi connectivity index (χ3v) is 5.95. The highest BCUT2D eigenvalue weighted by molar-refractivity contribution is 7.09. The average Bonchev–Trinajstić information content (AvgIpc) is 3.33. The summed E-state index contributed by atoms with van der Waals surface area (Å²) in [6.45, 7) is 0.248. The lowest BCUT2D eigenvalue weighted by Gasteiger charge is -2.33.